The van der Waals surface area contributed by atoms with Crippen molar-refractivity contribution in [1.82, 2.24) is 9.62 Å². The number of hydrogen-bond donors (Lipinski definition) is 2. The van der Waals surface area contributed by atoms with Crippen molar-refractivity contribution in [1.29, 1.82) is 0 Å². The first-order chi connectivity index (χ1) is 14.2. The second-order valence-electron chi connectivity index (χ2n) is 7.32. The Kier molecular flexibility index (Phi) is 6.55. The summed E-state index contributed by atoms with van der Waals surface area (Å²) >= 11 is 0. The van der Waals surface area contributed by atoms with Crippen molar-refractivity contribution in [2.24, 2.45) is 5.73 Å². The Hall–Kier alpha value is -2.75. The van der Waals surface area contributed by atoms with Gasteiger partial charge in [0.25, 0.3) is 5.91 Å². The second kappa shape index (κ2) is 8.95. The molecule has 1 saturated heterocycles. The first-order valence-corrected chi connectivity index (χ1v) is 11.0. The number of carbonyl (C=O) groups excluding carboxylic acids is 2. The summed E-state index contributed by atoms with van der Waals surface area (Å²) in [6.45, 7) is 4.19. The maximum absolute atomic E-state index is 12.9. The summed E-state index contributed by atoms with van der Waals surface area (Å²) in [4.78, 5) is 24.5. The molecule has 2 aromatic rings. The first-order valence-electron chi connectivity index (χ1n) is 9.59. The Balaban J connectivity index is 1.76. The quantitative estimate of drug-likeness (QED) is 0.717. The van der Waals surface area contributed by atoms with Gasteiger partial charge in [0.2, 0.25) is 15.9 Å². The summed E-state index contributed by atoms with van der Waals surface area (Å²) in [5.41, 5.74) is 6.22. The van der Waals surface area contributed by atoms with Crippen LogP contribution < -0.4 is 11.1 Å². The molecule has 1 aliphatic rings. The van der Waals surface area contributed by atoms with E-state index in [1.54, 1.807) is 30.3 Å². The number of amides is 2. The largest absolute Gasteiger partial charge is 0.373 e. The number of carbonyl (C=O) groups is 2. The van der Waals surface area contributed by atoms with Gasteiger partial charge in [-0.2, -0.15) is 4.31 Å². The molecule has 0 aliphatic carbocycles. The number of morpholine rings is 1. The van der Waals surface area contributed by atoms with Gasteiger partial charge in [-0.3, -0.25) is 9.59 Å². The molecule has 2 aromatic carbocycles. The molecule has 1 heterocycles. The topological polar surface area (TPSA) is 119 Å². The third-order valence-electron chi connectivity index (χ3n) is 4.83. The lowest BCUT2D eigenvalue weighted by molar-refractivity contribution is -0.120. The van der Waals surface area contributed by atoms with Crippen LogP contribution in [-0.2, 0) is 19.6 Å². The van der Waals surface area contributed by atoms with Crippen LogP contribution in [-0.4, -0.2) is 49.8 Å². The third-order valence-corrected chi connectivity index (χ3v) is 6.68. The molecule has 3 atom stereocenters. The van der Waals surface area contributed by atoms with E-state index in [1.165, 1.54) is 28.6 Å². The van der Waals surface area contributed by atoms with Gasteiger partial charge < -0.3 is 15.8 Å². The molecular formula is C21H25N3O5S. The van der Waals surface area contributed by atoms with Crippen LogP contribution in [0.5, 0.6) is 0 Å². The molecule has 3 N–H and O–H groups in total. The number of sulfonamides is 1. The highest BCUT2D eigenvalue weighted by atomic mass is 32.2. The van der Waals surface area contributed by atoms with Crippen LogP contribution >= 0.6 is 0 Å². The predicted molar refractivity (Wildman–Crippen MR) is 111 cm³/mol. The maximum Gasteiger partial charge on any atom is 0.252 e. The Morgan fingerprint density at radius 1 is 1.03 bits per heavy atom. The molecule has 0 bridgehead atoms. The average Bonchev–Trinajstić information content (AvgIpc) is 2.71. The highest BCUT2D eigenvalue weighted by molar-refractivity contribution is 7.89. The highest BCUT2D eigenvalue weighted by Crippen LogP contribution is 2.22. The van der Waals surface area contributed by atoms with Gasteiger partial charge in [-0.15, -0.1) is 0 Å². The van der Waals surface area contributed by atoms with Crippen molar-refractivity contribution in [3.8, 4) is 0 Å². The summed E-state index contributed by atoms with van der Waals surface area (Å²) in [5, 5.41) is 2.59. The molecule has 0 aromatic heterocycles. The van der Waals surface area contributed by atoms with Crippen molar-refractivity contribution in [3.05, 3.63) is 65.7 Å². The van der Waals surface area contributed by atoms with Crippen LogP contribution in [0.15, 0.2) is 59.5 Å². The Morgan fingerprint density at radius 3 is 2.13 bits per heavy atom. The van der Waals surface area contributed by atoms with E-state index < -0.39 is 27.9 Å². The van der Waals surface area contributed by atoms with E-state index in [0.29, 0.717) is 5.56 Å². The van der Waals surface area contributed by atoms with Crippen molar-refractivity contribution >= 4 is 21.8 Å². The van der Waals surface area contributed by atoms with E-state index in [1.807, 2.05) is 13.8 Å². The number of nitrogens with zero attached hydrogens (tertiary/aromatic N) is 1. The summed E-state index contributed by atoms with van der Waals surface area (Å²) < 4.78 is 32.8. The Morgan fingerprint density at radius 2 is 1.60 bits per heavy atom. The van der Waals surface area contributed by atoms with E-state index in [0.717, 1.165) is 0 Å². The molecule has 0 radical (unpaired) electrons. The fourth-order valence-electron chi connectivity index (χ4n) is 3.43. The highest BCUT2D eigenvalue weighted by Gasteiger charge is 2.32. The number of nitrogens with two attached hydrogens (primary N) is 1. The number of hydrogen-bond acceptors (Lipinski definition) is 5. The summed E-state index contributed by atoms with van der Waals surface area (Å²) in [6, 6.07) is 13.3. The van der Waals surface area contributed by atoms with Crippen molar-refractivity contribution in [3.63, 3.8) is 0 Å². The predicted octanol–water partition coefficient (Wildman–Crippen LogP) is 1.44. The lowest BCUT2D eigenvalue weighted by Crippen LogP contribution is -2.48. The van der Waals surface area contributed by atoms with Crippen molar-refractivity contribution in [2.45, 2.75) is 37.0 Å². The molecule has 9 heteroatoms. The van der Waals surface area contributed by atoms with Crippen molar-refractivity contribution < 1.29 is 22.7 Å². The van der Waals surface area contributed by atoms with Crippen LogP contribution in [0, 0.1) is 0 Å². The summed E-state index contributed by atoms with van der Waals surface area (Å²) in [6.07, 6.45) is -0.394. The third kappa shape index (κ3) is 4.86. The minimum atomic E-state index is -3.70. The van der Waals surface area contributed by atoms with Gasteiger partial charge >= 0.3 is 0 Å². The SMILES string of the molecule is CC1CN(S(=O)(=O)c2ccc(C(=O)NC(C(N)=O)c3ccccc3)cc2)CC(C)O1. The van der Waals surface area contributed by atoms with Gasteiger partial charge in [-0.25, -0.2) is 8.42 Å². The molecule has 3 unspecified atom stereocenters. The van der Waals surface area contributed by atoms with E-state index in [4.69, 9.17) is 10.5 Å². The van der Waals surface area contributed by atoms with Crippen molar-refractivity contribution in [2.75, 3.05) is 13.1 Å². The molecule has 8 nitrogen and oxygen atoms in total. The monoisotopic (exact) mass is 431 g/mol. The van der Waals surface area contributed by atoms with Crippen LogP contribution in [0.25, 0.3) is 0 Å². The van der Waals surface area contributed by atoms with Gasteiger partial charge in [0.15, 0.2) is 0 Å². The van der Waals surface area contributed by atoms with Gasteiger partial charge in [-0.1, -0.05) is 30.3 Å². The number of primary amides is 1. The summed E-state index contributed by atoms with van der Waals surface area (Å²) in [7, 11) is -3.70. The standard InChI is InChI=1S/C21H25N3O5S/c1-14-12-24(13-15(2)29-14)30(27,28)18-10-8-17(9-11-18)21(26)23-19(20(22)25)16-6-4-3-5-7-16/h3-11,14-15,19H,12-13H2,1-2H3,(H2,22,25)(H,23,26). The van der Waals surface area contributed by atoms with E-state index >= 15 is 0 Å². The van der Waals surface area contributed by atoms with E-state index in [9.17, 15) is 18.0 Å². The molecule has 0 saturated carbocycles. The van der Waals surface area contributed by atoms with Gasteiger partial charge in [0.1, 0.15) is 6.04 Å². The van der Waals surface area contributed by atoms with Gasteiger partial charge in [0, 0.05) is 18.7 Å². The minimum Gasteiger partial charge on any atom is -0.373 e. The Bertz CT molecular complexity index is 999. The number of nitrogens with one attached hydrogen (secondary N) is 1. The maximum atomic E-state index is 12.9. The summed E-state index contributed by atoms with van der Waals surface area (Å²) in [5.74, 6) is -1.22. The fourth-order valence-corrected chi connectivity index (χ4v) is 5.02. The zero-order chi connectivity index (χ0) is 21.9. The second-order valence-corrected chi connectivity index (χ2v) is 9.26. The lowest BCUT2D eigenvalue weighted by atomic mass is 10.1. The number of ether oxygens (including phenoxy) is 1. The lowest BCUT2D eigenvalue weighted by Gasteiger charge is -2.34. The molecule has 30 heavy (non-hydrogen) atoms. The van der Waals surface area contributed by atoms with E-state index in [2.05, 4.69) is 5.32 Å². The molecule has 0 spiro atoms. The zero-order valence-electron chi connectivity index (χ0n) is 16.8. The smallest absolute Gasteiger partial charge is 0.252 e. The van der Waals surface area contributed by atoms with Gasteiger partial charge in [0.05, 0.1) is 17.1 Å². The minimum absolute atomic E-state index is 0.0925. The molecule has 3 rings (SSSR count). The van der Waals surface area contributed by atoms with E-state index in [-0.39, 0.29) is 35.8 Å². The first kappa shape index (κ1) is 21.9. The molecule has 1 fully saturated rings. The zero-order valence-corrected chi connectivity index (χ0v) is 17.6. The normalized spacial score (nSPS) is 21.0. The van der Waals surface area contributed by atoms with Gasteiger partial charge in [-0.05, 0) is 43.7 Å². The van der Waals surface area contributed by atoms with Crippen LogP contribution in [0.2, 0.25) is 0 Å². The van der Waals surface area contributed by atoms with Crippen LogP contribution in [0.1, 0.15) is 35.8 Å². The molecule has 2 amide bonds. The molecule has 1 aliphatic heterocycles. The average molecular weight is 432 g/mol. The fraction of sp³-hybridized carbons (Fsp3) is 0.333. The van der Waals surface area contributed by atoms with Crippen LogP contribution in [0.4, 0.5) is 0 Å². The Labute approximate surface area is 176 Å². The molecular weight excluding hydrogens is 406 g/mol. The number of rotatable bonds is 6. The van der Waals surface area contributed by atoms with Crippen LogP contribution in [0.3, 0.4) is 0 Å². The number of benzene rings is 2. The molecule has 160 valence electrons.